The third kappa shape index (κ3) is 7.10. The van der Waals surface area contributed by atoms with Gasteiger partial charge in [0.1, 0.15) is 5.60 Å². The van der Waals surface area contributed by atoms with Crippen molar-refractivity contribution in [2.24, 2.45) is 5.92 Å². The molecule has 0 bridgehead atoms. The zero-order chi connectivity index (χ0) is 15.2. The minimum atomic E-state index is -0.458. The molecule has 1 amide bonds. The van der Waals surface area contributed by atoms with Gasteiger partial charge in [-0.05, 0) is 46.5 Å². The summed E-state index contributed by atoms with van der Waals surface area (Å²) in [5.74, 6) is 0.412. The Labute approximate surface area is 122 Å². The SMILES string of the molecule is CC(O)CNC1CCCCC1CNC(=O)OC(C)(C)C. The van der Waals surface area contributed by atoms with Crippen LogP contribution in [-0.4, -0.2) is 42.0 Å². The van der Waals surface area contributed by atoms with Gasteiger partial charge in [-0.25, -0.2) is 4.79 Å². The number of ether oxygens (including phenoxy) is 1. The van der Waals surface area contributed by atoms with E-state index in [1.54, 1.807) is 6.92 Å². The number of carbonyl (C=O) groups is 1. The smallest absolute Gasteiger partial charge is 0.407 e. The lowest BCUT2D eigenvalue weighted by molar-refractivity contribution is 0.0509. The molecule has 3 atom stereocenters. The lowest BCUT2D eigenvalue weighted by Crippen LogP contribution is -2.46. The second-order valence-corrected chi connectivity index (χ2v) is 6.79. The van der Waals surface area contributed by atoms with Crippen molar-refractivity contribution in [3.05, 3.63) is 0 Å². The van der Waals surface area contributed by atoms with E-state index in [4.69, 9.17) is 4.74 Å². The third-order valence-corrected chi connectivity index (χ3v) is 3.49. The molecule has 0 heterocycles. The van der Waals surface area contributed by atoms with Crippen LogP contribution >= 0.6 is 0 Å². The van der Waals surface area contributed by atoms with Crippen molar-refractivity contribution in [3.8, 4) is 0 Å². The summed E-state index contributed by atoms with van der Waals surface area (Å²) < 4.78 is 5.25. The number of carbonyl (C=O) groups excluding carboxylic acids is 1. The van der Waals surface area contributed by atoms with Crippen LogP contribution in [0.2, 0.25) is 0 Å². The predicted octanol–water partition coefficient (Wildman–Crippen LogP) is 2.04. The Morgan fingerprint density at radius 3 is 2.60 bits per heavy atom. The number of nitrogens with one attached hydrogen (secondary N) is 2. The summed E-state index contributed by atoms with van der Waals surface area (Å²) in [5.41, 5.74) is -0.458. The summed E-state index contributed by atoms with van der Waals surface area (Å²) in [6, 6.07) is 0.369. The van der Waals surface area contributed by atoms with Crippen LogP contribution in [-0.2, 0) is 4.74 Å². The number of aliphatic hydroxyl groups excluding tert-OH is 1. The maximum atomic E-state index is 11.7. The van der Waals surface area contributed by atoms with Crippen molar-refractivity contribution in [2.45, 2.75) is 71.1 Å². The Morgan fingerprint density at radius 1 is 1.35 bits per heavy atom. The van der Waals surface area contributed by atoms with Crippen LogP contribution in [0.25, 0.3) is 0 Å². The topological polar surface area (TPSA) is 70.6 Å². The number of rotatable bonds is 5. The molecule has 5 heteroatoms. The summed E-state index contributed by atoms with van der Waals surface area (Å²) in [6.45, 7) is 8.60. The van der Waals surface area contributed by atoms with Crippen LogP contribution in [0.5, 0.6) is 0 Å². The van der Waals surface area contributed by atoms with Crippen LogP contribution in [0.1, 0.15) is 53.4 Å². The molecule has 1 aliphatic carbocycles. The third-order valence-electron chi connectivity index (χ3n) is 3.49. The quantitative estimate of drug-likeness (QED) is 0.723. The molecule has 0 aliphatic heterocycles. The van der Waals surface area contributed by atoms with Gasteiger partial charge in [-0.3, -0.25) is 0 Å². The van der Waals surface area contributed by atoms with E-state index in [9.17, 15) is 9.90 Å². The highest BCUT2D eigenvalue weighted by atomic mass is 16.6. The van der Waals surface area contributed by atoms with Gasteiger partial charge in [-0.15, -0.1) is 0 Å². The van der Waals surface area contributed by atoms with E-state index in [1.165, 1.54) is 12.8 Å². The minimum absolute atomic E-state index is 0.337. The Morgan fingerprint density at radius 2 is 2.00 bits per heavy atom. The Bertz CT molecular complexity index is 300. The molecule has 0 saturated heterocycles. The summed E-state index contributed by atoms with van der Waals surface area (Å²) in [6.07, 6.45) is 3.93. The number of amides is 1. The average Bonchev–Trinajstić information content (AvgIpc) is 2.32. The molecule has 1 saturated carbocycles. The van der Waals surface area contributed by atoms with Crippen molar-refractivity contribution >= 4 is 6.09 Å². The van der Waals surface area contributed by atoms with Gasteiger partial charge in [0.05, 0.1) is 6.10 Å². The molecule has 0 aromatic carbocycles. The molecule has 0 aromatic heterocycles. The molecule has 1 fully saturated rings. The van der Waals surface area contributed by atoms with E-state index in [-0.39, 0.29) is 12.2 Å². The van der Waals surface area contributed by atoms with Crippen molar-refractivity contribution in [3.63, 3.8) is 0 Å². The van der Waals surface area contributed by atoms with E-state index in [0.717, 1.165) is 12.8 Å². The fraction of sp³-hybridized carbons (Fsp3) is 0.933. The highest BCUT2D eigenvalue weighted by Crippen LogP contribution is 2.24. The van der Waals surface area contributed by atoms with Crippen LogP contribution in [0.15, 0.2) is 0 Å². The second kappa shape index (κ2) is 7.84. The zero-order valence-electron chi connectivity index (χ0n) is 13.2. The highest BCUT2D eigenvalue weighted by Gasteiger charge is 2.26. The summed E-state index contributed by atoms with van der Waals surface area (Å²) in [5, 5.41) is 15.6. The molecule has 3 unspecified atom stereocenters. The first-order valence-electron chi connectivity index (χ1n) is 7.66. The van der Waals surface area contributed by atoms with Gasteiger partial charge in [0.15, 0.2) is 0 Å². The van der Waals surface area contributed by atoms with E-state index >= 15 is 0 Å². The molecule has 5 nitrogen and oxygen atoms in total. The normalized spacial score (nSPS) is 25.1. The van der Waals surface area contributed by atoms with Gasteiger partial charge in [0, 0.05) is 19.1 Å². The van der Waals surface area contributed by atoms with E-state index in [0.29, 0.717) is 25.0 Å². The highest BCUT2D eigenvalue weighted by molar-refractivity contribution is 5.67. The van der Waals surface area contributed by atoms with Crippen LogP contribution in [0.4, 0.5) is 4.79 Å². The molecule has 0 radical (unpaired) electrons. The molecule has 1 aliphatic rings. The Hall–Kier alpha value is -0.810. The average molecular weight is 286 g/mol. The first kappa shape index (κ1) is 17.2. The molecule has 0 aromatic rings. The molecule has 3 N–H and O–H groups in total. The number of alkyl carbamates (subject to hydrolysis) is 1. The molecule has 20 heavy (non-hydrogen) atoms. The van der Waals surface area contributed by atoms with E-state index in [1.807, 2.05) is 20.8 Å². The lowest BCUT2D eigenvalue weighted by Gasteiger charge is -2.33. The van der Waals surface area contributed by atoms with Crippen molar-refractivity contribution in [1.82, 2.24) is 10.6 Å². The van der Waals surface area contributed by atoms with Gasteiger partial charge in [0.2, 0.25) is 0 Å². The fourth-order valence-corrected chi connectivity index (χ4v) is 2.57. The van der Waals surface area contributed by atoms with E-state index < -0.39 is 5.60 Å². The van der Waals surface area contributed by atoms with Gasteiger partial charge in [0.25, 0.3) is 0 Å². The molecular formula is C15H30N2O3. The Balaban J connectivity index is 2.36. The molecule has 0 spiro atoms. The molecular weight excluding hydrogens is 256 g/mol. The van der Waals surface area contributed by atoms with Gasteiger partial charge >= 0.3 is 6.09 Å². The number of hydrogen-bond acceptors (Lipinski definition) is 4. The summed E-state index contributed by atoms with van der Waals surface area (Å²) >= 11 is 0. The van der Waals surface area contributed by atoms with Gasteiger partial charge < -0.3 is 20.5 Å². The number of hydrogen-bond donors (Lipinski definition) is 3. The zero-order valence-corrected chi connectivity index (χ0v) is 13.2. The van der Waals surface area contributed by atoms with Crippen LogP contribution in [0, 0.1) is 5.92 Å². The summed E-state index contributed by atoms with van der Waals surface area (Å²) in [4.78, 5) is 11.7. The number of aliphatic hydroxyl groups is 1. The fourth-order valence-electron chi connectivity index (χ4n) is 2.57. The van der Waals surface area contributed by atoms with Crippen molar-refractivity contribution < 1.29 is 14.6 Å². The first-order chi connectivity index (χ1) is 9.28. The van der Waals surface area contributed by atoms with Crippen LogP contribution < -0.4 is 10.6 Å². The Kier molecular flexibility index (Phi) is 6.76. The molecule has 1 rings (SSSR count). The maximum Gasteiger partial charge on any atom is 0.407 e. The second-order valence-electron chi connectivity index (χ2n) is 6.79. The standard InChI is InChI=1S/C15H30N2O3/c1-11(18)9-16-13-8-6-5-7-12(13)10-17-14(19)20-15(2,3)4/h11-13,16,18H,5-10H2,1-4H3,(H,17,19). The van der Waals surface area contributed by atoms with Crippen molar-refractivity contribution in [2.75, 3.05) is 13.1 Å². The van der Waals surface area contributed by atoms with E-state index in [2.05, 4.69) is 10.6 Å². The van der Waals surface area contributed by atoms with Gasteiger partial charge in [-0.2, -0.15) is 0 Å². The minimum Gasteiger partial charge on any atom is -0.444 e. The monoisotopic (exact) mass is 286 g/mol. The van der Waals surface area contributed by atoms with Gasteiger partial charge in [-0.1, -0.05) is 12.8 Å². The lowest BCUT2D eigenvalue weighted by atomic mass is 9.84. The summed E-state index contributed by atoms with van der Waals surface area (Å²) in [7, 11) is 0. The maximum absolute atomic E-state index is 11.7. The predicted molar refractivity (Wildman–Crippen MR) is 79.7 cm³/mol. The van der Waals surface area contributed by atoms with Crippen LogP contribution in [0.3, 0.4) is 0 Å². The largest absolute Gasteiger partial charge is 0.444 e. The first-order valence-corrected chi connectivity index (χ1v) is 7.66. The molecule has 118 valence electrons. The van der Waals surface area contributed by atoms with Crippen molar-refractivity contribution in [1.29, 1.82) is 0 Å².